The molecule has 0 amide bonds. The highest BCUT2D eigenvalue weighted by atomic mass is 35.5. The number of hydrogen-bond acceptors (Lipinski definition) is 3. The summed E-state index contributed by atoms with van der Waals surface area (Å²) >= 11 is 5.73. The lowest BCUT2D eigenvalue weighted by Gasteiger charge is -2.09. The zero-order valence-corrected chi connectivity index (χ0v) is 9.75. The number of ether oxygens (including phenoxy) is 1. The summed E-state index contributed by atoms with van der Waals surface area (Å²) in [5.74, 6) is -0.999. The van der Waals surface area contributed by atoms with Crippen LogP contribution in [0.1, 0.15) is 17.3 Å². The topological polar surface area (TPSA) is 58.6 Å². The van der Waals surface area contributed by atoms with Crippen molar-refractivity contribution in [2.45, 2.75) is 6.92 Å². The fraction of sp³-hybridized carbons (Fsp3) is 0.364. The molecule has 0 aromatic heterocycles. The average Bonchev–Trinajstić information content (AvgIpc) is 2.26. The number of anilines is 1. The van der Waals surface area contributed by atoms with Gasteiger partial charge in [-0.3, -0.25) is 0 Å². The van der Waals surface area contributed by atoms with Crippen LogP contribution in [-0.4, -0.2) is 30.8 Å². The average molecular weight is 244 g/mol. The maximum absolute atomic E-state index is 10.9. The molecule has 1 aromatic rings. The molecule has 0 radical (unpaired) electrons. The Bertz CT molecular complexity index is 368. The molecule has 0 saturated heterocycles. The lowest BCUT2D eigenvalue weighted by atomic mass is 10.2. The molecule has 0 aliphatic rings. The minimum Gasteiger partial charge on any atom is -0.478 e. The second kappa shape index (κ2) is 6.35. The predicted octanol–water partition coefficient (Wildman–Crippen LogP) is 2.49. The Morgan fingerprint density at radius 2 is 2.31 bits per heavy atom. The summed E-state index contributed by atoms with van der Waals surface area (Å²) < 4.78 is 5.14. The van der Waals surface area contributed by atoms with Gasteiger partial charge in [0, 0.05) is 23.9 Å². The van der Waals surface area contributed by atoms with E-state index in [-0.39, 0.29) is 5.56 Å². The van der Waals surface area contributed by atoms with E-state index in [1.54, 1.807) is 12.1 Å². The molecule has 0 aliphatic heterocycles. The fourth-order valence-electron chi connectivity index (χ4n) is 1.25. The van der Waals surface area contributed by atoms with Gasteiger partial charge in [0.1, 0.15) is 0 Å². The molecule has 1 rings (SSSR count). The number of hydrogen-bond donors (Lipinski definition) is 2. The third-order valence-electron chi connectivity index (χ3n) is 1.98. The second-order valence-corrected chi connectivity index (χ2v) is 3.56. The van der Waals surface area contributed by atoms with E-state index in [2.05, 4.69) is 5.32 Å². The first-order valence-electron chi connectivity index (χ1n) is 4.99. The minimum atomic E-state index is -0.999. The lowest BCUT2D eigenvalue weighted by molar-refractivity contribution is 0.0698. The van der Waals surface area contributed by atoms with Crippen molar-refractivity contribution in [1.82, 2.24) is 0 Å². The van der Waals surface area contributed by atoms with Crippen molar-refractivity contribution in [1.29, 1.82) is 0 Å². The first-order chi connectivity index (χ1) is 7.65. The number of carbonyl (C=O) groups is 1. The molecule has 0 heterocycles. The van der Waals surface area contributed by atoms with E-state index >= 15 is 0 Å². The van der Waals surface area contributed by atoms with Crippen molar-refractivity contribution in [2.24, 2.45) is 0 Å². The van der Waals surface area contributed by atoms with Crippen LogP contribution in [0.3, 0.4) is 0 Å². The molecule has 0 fully saturated rings. The molecule has 0 aliphatic carbocycles. The van der Waals surface area contributed by atoms with Crippen LogP contribution in [-0.2, 0) is 4.74 Å². The number of carboxylic acid groups (broad SMARTS) is 1. The Kier molecular flexibility index (Phi) is 5.08. The van der Waals surface area contributed by atoms with Gasteiger partial charge in [-0.1, -0.05) is 11.6 Å². The maximum Gasteiger partial charge on any atom is 0.337 e. The highest BCUT2D eigenvalue weighted by molar-refractivity contribution is 6.31. The van der Waals surface area contributed by atoms with Gasteiger partial charge in [-0.25, -0.2) is 4.79 Å². The van der Waals surface area contributed by atoms with E-state index in [0.717, 1.165) is 0 Å². The minimum absolute atomic E-state index is 0.170. The number of nitrogens with one attached hydrogen (secondary N) is 1. The lowest BCUT2D eigenvalue weighted by Crippen LogP contribution is -2.12. The van der Waals surface area contributed by atoms with Gasteiger partial charge in [0.25, 0.3) is 0 Å². The van der Waals surface area contributed by atoms with E-state index in [1.165, 1.54) is 6.07 Å². The van der Waals surface area contributed by atoms with Crippen LogP contribution in [0.5, 0.6) is 0 Å². The third-order valence-corrected chi connectivity index (χ3v) is 2.21. The van der Waals surface area contributed by atoms with Crippen molar-refractivity contribution in [3.63, 3.8) is 0 Å². The quantitative estimate of drug-likeness (QED) is 0.754. The van der Waals surface area contributed by atoms with Crippen LogP contribution in [0.4, 0.5) is 5.69 Å². The first-order valence-corrected chi connectivity index (χ1v) is 5.37. The van der Waals surface area contributed by atoms with Crippen molar-refractivity contribution in [3.8, 4) is 0 Å². The van der Waals surface area contributed by atoms with Crippen molar-refractivity contribution in [2.75, 3.05) is 25.1 Å². The van der Waals surface area contributed by atoms with E-state index < -0.39 is 5.97 Å². The molecular weight excluding hydrogens is 230 g/mol. The second-order valence-electron chi connectivity index (χ2n) is 3.12. The molecule has 1 aromatic carbocycles. The molecule has 0 spiro atoms. The smallest absolute Gasteiger partial charge is 0.337 e. The van der Waals surface area contributed by atoms with Crippen molar-refractivity contribution < 1.29 is 14.6 Å². The van der Waals surface area contributed by atoms with Gasteiger partial charge >= 0.3 is 5.97 Å². The number of rotatable bonds is 6. The van der Waals surface area contributed by atoms with E-state index in [0.29, 0.717) is 30.5 Å². The summed E-state index contributed by atoms with van der Waals surface area (Å²) in [5.41, 5.74) is 0.723. The Morgan fingerprint density at radius 1 is 1.56 bits per heavy atom. The van der Waals surface area contributed by atoms with Gasteiger partial charge in [-0.05, 0) is 25.1 Å². The van der Waals surface area contributed by atoms with Crippen LogP contribution < -0.4 is 5.32 Å². The normalized spacial score (nSPS) is 10.1. The molecule has 2 N–H and O–H groups in total. The number of aromatic carboxylic acids is 1. The zero-order chi connectivity index (χ0) is 12.0. The molecule has 4 nitrogen and oxygen atoms in total. The summed E-state index contributed by atoms with van der Waals surface area (Å²) in [6.45, 7) is 3.66. The fourth-order valence-corrected chi connectivity index (χ4v) is 1.42. The zero-order valence-electron chi connectivity index (χ0n) is 9.00. The van der Waals surface area contributed by atoms with Gasteiger partial charge in [-0.15, -0.1) is 0 Å². The monoisotopic (exact) mass is 243 g/mol. The third kappa shape index (κ3) is 3.72. The molecule has 0 unspecified atom stereocenters. The Hall–Kier alpha value is -1.26. The van der Waals surface area contributed by atoms with Gasteiger partial charge in [0.2, 0.25) is 0 Å². The van der Waals surface area contributed by atoms with Crippen LogP contribution in [0, 0.1) is 0 Å². The Labute approximate surface area is 99.2 Å². The summed E-state index contributed by atoms with van der Waals surface area (Å²) in [7, 11) is 0. The molecular formula is C11H14ClNO3. The molecule has 5 heteroatoms. The predicted molar refractivity (Wildman–Crippen MR) is 63.4 cm³/mol. The van der Waals surface area contributed by atoms with Gasteiger partial charge in [0.15, 0.2) is 0 Å². The summed E-state index contributed by atoms with van der Waals surface area (Å²) in [6, 6.07) is 4.72. The molecule has 0 bridgehead atoms. The molecule has 88 valence electrons. The number of benzene rings is 1. The van der Waals surface area contributed by atoms with Crippen molar-refractivity contribution in [3.05, 3.63) is 28.8 Å². The van der Waals surface area contributed by atoms with Gasteiger partial charge in [0.05, 0.1) is 12.2 Å². The summed E-state index contributed by atoms with van der Waals surface area (Å²) in [6.07, 6.45) is 0. The Morgan fingerprint density at radius 3 is 2.94 bits per heavy atom. The molecule has 0 atom stereocenters. The van der Waals surface area contributed by atoms with Gasteiger partial charge < -0.3 is 15.2 Å². The number of carboxylic acids is 1. The van der Waals surface area contributed by atoms with E-state index in [4.69, 9.17) is 21.4 Å². The van der Waals surface area contributed by atoms with E-state index in [1.807, 2.05) is 6.92 Å². The van der Waals surface area contributed by atoms with Crippen LogP contribution in [0.15, 0.2) is 18.2 Å². The molecule has 0 saturated carbocycles. The first kappa shape index (κ1) is 12.8. The van der Waals surface area contributed by atoms with Crippen LogP contribution in [0.25, 0.3) is 0 Å². The van der Waals surface area contributed by atoms with Crippen LogP contribution >= 0.6 is 11.6 Å². The summed E-state index contributed by atoms with van der Waals surface area (Å²) in [5, 5.41) is 12.4. The largest absolute Gasteiger partial charge is 0.478 e. The highest BCUT2D eigenvalue weighted by Crippen LogP contribution is 2.20. The van der Waals surface area contributed by atoms with Gasteiger partial charge in [-0.2, -0.15) is 0 Å². The van der Waals surface area contributed by atoms with Crippen molar-refractivity contribution >= 4 is 23.3 Å². The Balaban J connectivity index is 2.67. The SMILES string of the molecule is CCOCCNc1ccc(Cl)cc1C(=O)O. The van der Waals surface area contributed by atoms with E-state index in [9.17, 15) is 4.79 Å². The molecule has 16 heavy (non-hydrogen) atoms. The summed E-state index contributed by atoms with van der Waals surface area (Å²) in [4.78, 5) is 10.9. The van der Waals surface area contributed by atoms with Crippen LogP contribution in [0.2, 0.25) is 5.02 Å². The number of halogens is 1. The highest BCUT2D eigenvalue weighted by Gasteiger charge is 2.09. The maximum atomic E-state index is 10.9. The standard InChI is InChI=1S/C11H14ClNO3/c1-2-16-6-5-13-10-4-3-8(12)7-9(10)11(14)15/h3-4,7,13H,2,5-6H2,1H3,(H,14,15).